The molecule has 1 N–H and O–H groups in total. The summed E-state index contributed by atoms with van der Waals surface area (Å²) < 4.78 is 13.2. The maximum absolute atomic E-state index is 13.4. The minimum Gasteiger partial charge on any atom is -0.497 e. The fourth-order valence-corrected chi connectivity index (χ4v) is 5.30. The lowest BCUT2D eigenvalue weighted by Gasteiger charge is -2.48. The van der Waals surface area contributed by atoms with E-state index < -0.39 is 0 Å². The predicted molar refractivity (Wildman–Crippen MR) is 137 cm³/mol. The largest absolute Gasteiger partial charge is 0.497 e. The van der Waals surface area contributed by atoms with E-state index >= 15 is 0 Å². The number of carbonyl (C=O) groups is 1. The minimum atomic E-state index is -0.0950. The zero-order valence-corrected chi connectivity index (χ0v) is 20.7. The highest BCUT2D eigenvalue weighted by Crippen LogP contribution is 2.30. The third-order valence-corrected chi connectivity index (χ3v) is 7.05. The van der Waals surface area contributed by atoms with E-state index in [-0.39, 0.29) is 24.0 Å². The molecule has 5 rings (SSSR count). The maximum atomic E-state index is 13.4. The highest BCUT2D eigenvalue weighted by molar-refractivity contribution is 6.05. The van der Waals surface area contributed by atoms with Gasteiger partial charge in [-0.1, -0.05) is 42.0 Å². The number of benzene rings is 2. The first-order valence-corrected chi connectivity index (χ1v) is 12.4. The average Bonchev–Trinajstić information content (AvgIpc) is 3.22. The Labute approximate surface area is 206 Å². The van der Waals surface area contributed by atoms with Crippen molar-refractivity contribution in [3.8, 4) is 5.75 Å². The monoisotopic (exact) mass is 474 g/mol. The van der Waals surface area contributed by atoms with Crippen LogP contribution in [0.4, 0.5) is 0 Å². The third kappa shape index (κ3) is 5.11. The van der Waals surface area contributed by atoms with Gasteiger partial charge < -0.3 is 14.8 Å². The number of fused-ring (bicyclic) bond motifs is 3. The molecule has 1 aromatic heterocycles. The molecule has 184 valence electrons. The van der Waals surface area contributed by atoms with Crippen LogP contribution in [0.1, 0.15) is 42.7 Å². The van der Waals surface area contributed by atoms with Gasteiger partial charge in [-0.3, -0.25) is 14.4 Å². The summed E-state index contributed by atoms with van der Waals surface area (Å²) in [6, 6.07) is 16.8. The lowest BCUT2D eigenvalue weighted by molar-refractivity contribution is -0.0843. The Hall–Kier alpha value is -3.16. The van der Waals surface area contributed by atoms with Crippen molar-refractivity contribution in [1.82, 2.24) is 20.0 Å². The van der Waals surface area contributed by atoms with Gasteiger partial charge in [0.25, 0.3) is 5.91 Å². The molecule has 7 nitrogen and oxygen atoms in total. The molecule has 0 radical (unpaired) electrons. The van der Waals surface area contributed by atoms with Crippen molar-refractivity contribution in [3.63, 3.8) is 0 Å². The van der Waals surface area contributed by atoms with Gasteiger partial charge in [-0.2, -0.15) is 5.10 Å². The topological polar surface area (TPSA) is 68.6 Å². The van der Waals surface area contributed by atoms with Gasteiger partial charge >= 0.3 is 0 Å². The van der Waals surface area contributed by atoms with Gasteiger partial charge in [0, 0.05) is 30.1 Å². The number of hydrogen-bond acceptors (Lipinski definition) is 5. The molecule has 1 amide bonds. The molecule has 2 fully saturated rings. The molecule has 2 aromatic carbocycles. The zero-order chi connectivity index (χ0) is 24.4. The van der Waals surface area contributed by atoms with Crippen LogP contribution in [0, 0.1) is 0 Å². The minimum absolute atomic E-state index is 0.0950. The molecule has 2 aliphatic rings. The van der Waals surface area contributed by atoms with Crippen LogP contribution < -0.4 is 10.1 Å². The van der Waals surface area contributed by atoms with Crippen LogP contribution in [0.5, 0.6) is 5.75 Å². The van der Waals surface area contributed by atoms with Gasteiger partial charge in [-0.25, -0.2) is 0 Å². The molecule has 2 unspecified atom stereocenters. The van der Waals surface area contributed by atoms with Crippen LogP contribution in [0.15, 0.2) is 60.2 Å². The summed E-state index contributed by atoms with van der Waals surface area (Å²) >= 11 is 0. The summed E-state index contributed by atoms with van der Waals surface area (Å²) in [5, 5.41) is 8.90. The Morgan fingerprint density at radius 1 is 1.14 bits per heavy atom. The van der Waals surface area contributed by atoms with E-state index in [0.717, 1.165) is 36.0 Å². The van der Waals surface area contributed by atoms with E-state index in [1.807, 2.05) is 41.1 Å². The van der Waals surface area contributed by atoms with E-state index in [9.17, 15) is 4.79 Å². The number of piperidine rings is 1. The number of para-hydroxylation sites is 1. The predicted octanol–water partition coefficient (Wildman–Crippen LogP) is 4.17. The van der Waals surface area contributed by atoms with Crippen LogP contribution in [0.2, 0.25) is 0 Å². The molecule has 0 spiro atoms. The molecule has 3 aromatic rings. The number of aromatic nitrogens is 2. The molecule has 2 saturated heterocycles. The zero-order valence-electron chi connectivity index (χ0n) is 20.7. The molecule has 0 saturated carbocycles. The fourth-order valence-electron chi connectivity index (χ4n) is 5.30. The summed E-state index contributed by atoms with van der Waals surface area (Å²) in [4.78, 5) is 15.9. The Balaban J connectivity index is 1.30. The molecule has 2 aliphatic heterocycles. The van der Waals surface area contributed by atoms with Crippen molar-refractivity contribution in [3.05, 3.63) is 71.4 Å². The van der Waals surface area contributed by atoms with Crippen molar-refractivity contribution in [2.45, 2.75) is 57.9 Å². The molecule has 2 bridgehead atoms. The SMILES string of the molecule is COc1cccc(CN2C3COCC2CC(NC(=O)c2nn(CC=C(C)C)c4ccccc24)C3)c1. The van der Waals surface area contributed by atoms with Crippen LogP contribution in [-0.4, -0.2) is 59.0 Å². The smallest absolute Gasteiger partial charge is 0.272 e. The third-order valence-electron chi connectivity index (χ3n) is 7.05. The summed E-state index contributed by atoms with van der Waals surface area (Å²) in [6.07, 6.45) is 3.85. The lowest BCUT2D eigenvalue weighted by Crippen LogP contribution is -2.60. The van der Waals surface area contributed by atoms with Gasteiger partial charge in [-0.15, -0.1) is 0 Å². The van der Waals surface area contributed by atoms with Crippen molar-refractivity contribution in [2.24, 2.45) is 0 Å². The Morgan fingerprint density at radius 2 is 1.91 bits per heavy atom. The van der Waals surface area contributed by atoms with Crippen molar-refractivity contribution < 1.29 is 14.3 Å². The molecular weight excluding hydrogens is 440 g/mol. The number of carbonyl (C=O) groups excluding carboxylic acids is 1. The summed E-state index contributed by atoms with van der Waals surface area (Å²) in [5.74, 6) is 0.782. The van der Waals surface area contributed by atoms with Crippen LogP contribution in [0.3, 0.4) is 0 Å². The van der Waals surface area contributed by atoms with Gasteiger partial charge in [0.2, 0.25) is 0 Å². The number of amides is 1. The number of ether oxygens (including phenoxy) is 2. The number of methoxy groups -OCH3 is 1. The van der Waals surface area contributed by atoms with Gasteiger partial charge in [-0.05, 0) is 50.5 Å². The number of nitrogens with one attached hydrogen (secondary N) is 1. The number of allylic oxidation sites excluding steroid dienone is 2. The van der Waals surface area contributed by atoms with Crippen LogP contribution in [-0.2, 0) is 17.8 Å². The molecule has 35 heavy (non-hydrogen) atoms. The van der Waals surface area contributed by atoms with Crippen molar-refractivity contribution >= 4 is 16.8 Å². The molecule has 2 atom stereocenters. The quantitative estimate of drug-likeness (QED) is 0.521. The number of morpholine rings is 1. The number of nitrogens with zero attached hydrogens (tertiary/aromatic N) is 3. The first-order valence-electron chi connectivity index (χ1n) is 12.4. The standard InChI is InChI=1S/C28H34N4O3/c1-19(2)11-12-32-26-10-5-4-9-25(26)27(30-32)28(33)29-21-14-22-17-35-18-23(15-21)31(22)16-20-7-6-8-24(13-20)34-3/h4-11,13,21-23H,12,14-18H2,1-3H3,(H,29,33). The Morgan fingerprint density at radius 3 is 2.66 bits per heavy atom. The van der Waals surface area contributed by atoms with Crippen LogP contribution in [0.25, 0.3) is 10.9 Å². The summed E-state index contributed by atoms with van der Waals surface area (Å²) in [6.45, 7) is 7.03. The first-order chi connectivity index (χ1) is 17.0. The second-order valence-corrected chi connectivity index (χ2v) is 9.84. The highest BCUT2D eigenvalue weighted by Gasteiger charge is 2.39. The van der Waals surface area contributed by atoms with Gasteiger partial charge in [0.05, 0.1) is 32.4 Å². The van der Waals surface area contributed by atoms with Crippen LogP contribution >= 0.6 is 0 Å². The first kappa shape index (κ1) is 23.6. The highest BCUT2D eigenvalue weighted by atomic mass is 16.5. The number of rotatable bonds is 7. The van der Waals surface area contributed by atoms with Crippen molar-refractivity contribution in [1.29, 1.82) is 0 Å². The van der Waals surface area contributed by atoms with E-state index in [2.05, 4.69) is 42.3 Å². The fraction of sp³-hybridized carbons (Fsp3) is 0.429. The average molecular weight is 475 g/mol. The van der Waals surface area contributed by atoms with E-state index in [1.54, 1.807) is 7.11 Å². The molecule has 7 heteroatoms. The summed E-state index contributed by atoms with van der Waals surface area (Å²) in [5.41, 5.74) is 3.94. The Kier molecular flexibility index (Phi) is 6.88. The molecule has 3 heterocycles. The maximum Gasteiger partial charge on any atom is 0.272 e. The number of hydrogen-bond donors (Lipinski definition) is 1. The lowest BCUT2D eigenvalue weighted by atomic mass is 9.89. The van der Waals surface area contributed by atoms with Gasteiger partial charge in [0.15, 0.2) is 5.69 Å². The van der Waals surface area contributed by atoms with E-state index in [1.165, 1.54) is 11.1 Å². The Bertz CT molecular complexity index is 1220. The molecule has 0 aliphatic carbocycles. The van der Waals surface area contributed by atoms with Gasteiger partial charge in [0.1, 0.15) is 5.75 Å². The second-order valence-electron chi connectivity index (χ2n) is 9.84. The van der Waals surface area contributed by atoms with E-state index in [0.29, 0.717) is 25.5 Å². The second kappa shape index (κ2) is 10.2. The van der Waals surface area contributed by atoms with E-state index in [4.69, 9.17) is 14.6 Å². The normalized spacial score (nSPS) is 22.1. The molecular formula is C28H34N4O3. The van der Waals surface area contributed by atoms with Crippen molar-refractivity contribution in [2.75, 3.05) is 20.3 Å². The summed E-state index contributed by atoms with van der Waals surface area (Å²) in [7, 11) is 1.70.